The number of rotatable bonds is 2. The smallest absolute Gasteiger partial charge is 0.170 e. The van der Waals surface area contributed by atoms with E-state index in [2.05, 4.69) is 11.1 Å². The summed E-state index contributed by atoms with van der Waals surface area (Å²) in [6, 6.07) is 12.1. The van der Waals surface area contributed by atoms with Gasteiger partial charge in [-0.25, -0.2) is 4.98 Å². The minimum atomic E-state index is 0.495. The number of nitrogens with zero attached hydrogens (tertiary/aromatic N) is 2. The molecule has 0 amide bonds. The zero-order valence-corrected chi connectivity index (χ0v) is 10.9. The van der Waals surface area contributed by atoms with Gasteiger partial charge >= 0.3 is 0 Å². The maximum absolute atomic E-state index is 11.2. The lowest BCUT2D eigenvalue weighted by Crippen LogP contribution is -1.90. The van der Waals surface area contributed by atoms with Crippen LogP contribution in [0.15, 0.2) is 42.6 Å². The second-order valence-corrected chi connectivity index (χ2v) is 4.72. The van der Waals surface area contributed by atoms with E-state index in [1.807, 2.05) is 54.8 Å². The number of hydrogen-bond acceptors (Lipinski definition) is 2. The Hall–Kier alpha value is -2.42. The summed E-state index contributed by atoms with van der Waals surface area (Å²) < 4.78 is 1.98. The molecule has 0 aliphatic heterocycles. The molecule has 2 aromatic heterocycles. The second-order valence-electron chi connectivity index (χ2n) is 4.72. The molecular formula is C16H14N2O. The molecule has 0 unspecified atom stereocenters. The highest BCUT2D eigenvalue weighted by atomic mass is 16.1. The third-order valence-electron chi connectivity index (χ3n) is 3.28. The molecule has 3 heteroatoms. The van der Waals surface area contributed by atoms with E-state index < -0.39 is 0 Å². The van der Waals surface area contributed by atoms with Crippen molar-refractivity contribution in [2.45, 2.75) is 13.8 Å². The number of fused-ring (bicyclic) bond motifs is 1. The SMILES string of the molecule is Cc1cccc(-c2nc(C=O)c3c(C)cccn23)c1. The van der Waals surface area contributed by atoms with Crippen LogP contribution in [0.2, 0.25) is 0 Å². The van der Waals surface area contributed by atoms with Crippen molar-refractivity contribution in [2.75, 3.05) is 0 Å². The van der Waals surface area contributed by atoms with Crippen molar-refractivity contribution >= 4 is 11.8 Å². The highest BCUT2D eigenvalue weighted by molar-refractivity contribution is 5.87. The minimum Gasteiger partial charge on any atom is -0.299 e. The van der Waals surface area contributed by atoms with E-state index in [1.54, 1.807) is 0 Å². The molecule has 3 nitrogen and oxygen atoms in total. The van der Waals surface area contributed by atoms with Gasteiger partial charge in [0.1, 0.15) is 11.5 Å². The first-order chi connectivity index (χ1) is 9.20. The summed E-state index contributed by atoms with van der Waals surface area (Å²) in [5.41, 5.74) is 4.63. The van der Waals surface area contributed by atoms with Crippen molar-refractivity contribution in [1.82, 2.24) is 9.38 Å². The molecule has 0 bridgehead atoms. The summed E-state index contributed by atoms with van der Waals surface area (Å²) in [4.78, 5) is 15.7. The summed E-state index contributed by atoms with van der Waals surface area (Å²) in [6.07, 6.45) is 2.77. The minimum absolute atomic E-state index is 0.495. The third-order valence-corrected chi connectivity index (χ3v) is 3.28. The third kappa shape index (κ3) is 1.83. The summed E-state index contributed by atoms with van der Waals surface area (Å²) >= 11 is 0. The van der Waals surface area contributed by atoms with Gasteiger partial charge in [0.25, 0.3) is 0 Å². The fourth-order valence-corrected chi connectivity index (χ4v) is 2.41. The van der Waals surface area contributed by atoms with Gasteiger partial charge in [-0.05, 0) is 31.5 Å². The molecule has 0 aliphatic rings. The molecule has 0 saturated carbocycles. The number of carbonyl (C=O) groups excluding carboxylic acids is 1. The Morgan fingerprint density at radius 2 is 2.00 bits per heavy atom. The number of hydrogen-bond donors (Lipinski definition) is 0. The van der Waals surface area contributed by atoms with E-state index in [0.717, 1.165) is 28.8 Å². The van der Waals surface area contributed by atoms with Crippen LogP contribution in [0.25, 0.3) is 16.9 Å². The van der Waals surface area contributed by atoms with E-state index in [0.29, 0.717) is 5.69 Å². The van der Waals surface area contributed by atoms with Gasteiger partial charge in [0.05, 0.1) is 5.52 Å². The van der Waals surface area contributed by atoms with Crippen molar-refractivity contribution in [3.63, 3.8) is 0 Å². The molecule has 3 rings (SSSR count). The molecule has 0 spiro atoms. The van der Waals surface area contributed by atoms with Gasteiger partial charge in [0, 0.05) is 11.8 Å². The highest BCUT2D eigenvalue weighted by Crippen LogP contribution is 2.24. The fraction of sp³-hybridized carbons (Fsp3) is 0.125. The van der Waals surface area contributed by atoms with Crippen LogP contribution >= 0.6 is 0 Å². The molecule has 19 heavy (non-hydrogen) atoms. The van der Waals surface area contributed by atoms with Gasteiger partial charge < -0.3 is 0 Å². The number of carbonyl (C=O) groups is 1. The van der Waals surface area contributed by atoms with E-state index >= 15 is 0 Å². The maximum atomic E-state index is 11.2. The first-order valence-electron chi connectivity index (χ1n) is 6.20. The number of aldehydes is 1. The van der Waals surface area contributed by atoms with Crippen LogP contribution in [0.4, 0.5) is 0 Å². The highest BCUT2D eigenvalue weighted by Gasteiger charge is 2.13. The van der Waals surface area contributed by atoms with E-state index in [-0.39, 0.29) is 0 Å². The van der Waals surface area contributed by atoms with Gasteiger partial charge in [-0.3, -0.25) is 9.20 Å². The predicted octanol–water partition coefficient (Wildman–Crippen LogP) is 3.43. The molecule has 0 saturated heterocycles. The van der Waals surface area contributed by atoms with Crippen molar-refractivity contribution < 1.29 is 4.79 Å². The van der Waals surface area contributed by atoms with Gasteiger partial charge in [0.2, 0.25) is 0 Å². The second kappa shape index (κ2) is 4.35. The monoisotopic (exact) mass is 250 g/mol. The average molecular weight is 250 g/mol. The summed E-state index contributed by atoms with van der Waals surface area (Å²) in [7, 11) is 0. The lowest BCUT2D eigenvalue weighted by molar-refractivity contribution is 0.112. The Morgan fingerprint density at radius 1 is 1.16 bits per heavy atom. The Kier molecular flexibility index (Phi) is 2.67. The Morgan fingerprint density at radius 3 is 2.74 bits per heavy atom. The van der Waals surface area contributed by atoms with E-state index in [1.165, 1.54) is 5.56 Å². The fourth-order valence-electron chi connectivity index (χ4n) is 2.41. The molecule has 0 aliphatic carbocycles. The summed E-state index contributed by atoms with van der Waals surface area (Å²) in [6.45, 7) is 4.04. The number of aromatic nitrogens is 2. The van der Waals surface area contributed by atoms with Crippen molar-refractivity contribution in [2.24, 2.45) is 0 Å². The molecule has 1 aromatic carbocycles. The maximum Gasteiger partial charge on any atom is 0.170 e. The number of benzene rings is 1. The quantitative estimate of drug-likeness (QED) is 0.653. The lowest BCUT2D eigenvalue weighted by Gasteiger charge is -2.03. The van der Waals surface area contributed by atoms with Crippen LogP contribution in [0.1, 0.15) is 21.6 Å². The first-order valence-corrected chi connectivity index (χ1v) is 6.20. The van der Waals surface area contributed by atoms with Gasteiger partial charge in [-0.15, -0.1) is 0 Å². The lowest BCUT2D eigenvalue weighted by atomic mass is 10.1. The zero-order valence-electron chi connectivity index (χ0n) is 10.9. The van der Waals surface area contributed by atoms with Crippen LogP contribution in [0.5, 0.6) is 0 Å². The normalized spacial score (nSPS) is 10.8. The van der Waals surface area contributed by atoms with E-state index in [9.17, 15) is 4.79 Å². The Bertz CT molecular complexity index is 772. The van der Waals surface area contributed by atoms with Crippen LogP contribution in [-0.4, -0.2) is 15.7 Å². The molecule has 0 atom stereocenters. The molecule has 2 heterocycles. The number of pyridine rings is 1. The number of aryl methyl sites for hydroxylation is 2. The van der Waals surface area contributed by atoms with Crippen LogP contribution in [0, 0.1) is 13.8 Å². The Balaban J connectivity index is 2.36. The standard InChI is InChI=1S/C16H14N2O/c1-11-5-3-7-13(9-11)16-17-14(10-19)15-12(2)6-4-8-18(15)16/h3-10H,1-2H3. The van der Waals surface area contributed by atoms with Crippen LogP contribution < -0.4 is 0 Å². The van der Waals surface area contributed by atoms with Crippen molar-refractivity contribution in [1.29, 1.82) is 0 Å². The molecule has 0 fully saturated rings. The molecule has 94 valence electrons. The van der Waals surface area contributed by atoms with Gasteiger partial charge in [-0.2, -0.15) is 0 Å². The largest absolute Gasteiger partial charge is 0.299 e. The van der Waals surface area contributed by atoms with Gasteiger partial charge in [-0.1, -0.05) is 29.8 Å². The van der Waals surface area contributed by atoms with Crippen LogP contribution in [-0.2, 0) is 0 Å². The zero-order chi connectivity index (χ0) is 13.4. The van der Waals surface area contributed by atoms with E-state index in [4.69, 9.17) is 0 Å². The molecule has 0 N–H and O–H groups in total. The van der Waals surface area contributed by atoms with Gasteiger partial charge in [0.15, 0.2) is 6.29 Å². The van der Waals surface area contributed by atoms with Crippen molar-refractivity contribution in [3.05, 3.63) is 59.4 Å². The molecular weight excluding hydrogens is 236 g/mol. The predicted molar refractivity (Wildman–Crippen MR) is 75.5 cm³/mol. The van der Waals surface area contributed by atoms with Crippen LogP contribution in [0.3, 0.4) is 0 Å². The van der Waals surface area contributed by atoms with Crippen molar-refractivity contribution in [3.8, 4) is 11.4 Å². The average Bonchev–Trinajstić information content (AvgIpc) is 2.79. The molecule has 3 aromatic rings. The number of imidazole rings is 1. The molecule has 0 radical (unpaired) electrons. The summed E-state index contributed by atoms with van der Waals surface area (Å²) in [5, 5.41) is 0. The topological polar surface area (TPSA) is 34.4 Å². The summed E-state index contributed by atoms with van der Waals surface area (Å²) in [5.74, 6) is 0.810. The first kappa shape index (κ1) is 11.7. The Labute approximate surface area is 111 Å².